The average Bonchev–Trinajstić information content (AvgIpc) is 3.24. The molecule has 3 amide bonds. The van der Waals surface area contributed by atoms with Crippen LogP contribution in [0.2, 0.25) is 5.82 Å². The standard InChI is InChI=1S/C46H70BN5O9/c1-4-6-11-32-16-18-34(19-17-32)35-20-22-36(23-21-35)41(54)15-9-13-38(53)29-37(12-10-27-49)46(59)52-40(24-25-44(50)57)43(56)30-33(5-2)45(58)51-39(14-7-8-26-48)42(55)28-31(3)47(60)61/h16-23,31,33,37,39-40,60-61H,4-15,24-30,48-49H2,1-3H3,(H2,50,57)(H,51,58)(H,52,59)/t31-,33-,37-,39+,40+/m1/s1. The Morgan fingerprint density at radius 1 is 0.639 bits per heavy atom. The monoisotopic (exact) mass is 848 g/mol. The lowest BCUT2D eigenvalue weighted by atomic mass is 9.71. The number of aryl methyl sites for hydroxylation is 1. The lowest BCUT2D eigenvalue weighted by Crippen LogP contribution is -2.47. The van der Waals surface area contributed by atoms with Crippen LogP contribution >= 0.6 is 0 Å². The molecule has 0 fully saturated rings. The van der Waals surface area contributed by atoms with E-state index in [1.165, 1.54) is 12.5 Å². The number of carbonyl (C=O) groups excluding carboxylic acids is 7. The summed E-state index contributed by atoms with van der Waals surface area (Å²) in [7, 11) is -1.71. The van der Waals surface area contributed by atoms with Crippen LogP contribution in [0.3, 0.4) is 0 Å². The van der Waals surface area contributed by atoms with Crippen molar-refractivity contribution in [3.05, 3.63) is 59.7 Å². The van der Waals surface area contributed by atoms with Gasteiger partial charge in [0.05, 0.1) is 12.1 Å². The number of hydrogen-bond donors (Lipinski definition) is 7. The van der Waals surface area contributed by atoms with Crippen LogP contribution in [-0.2, 0) is 35.2 Å². The van der Waals surface area contributed by atoms with Crippen LogP contribution in [0.4, 0.5) is 0 Å². The van der Waals surface area contributed by atoms with Gasteiger partial charge in [-0.1, -0.05) is 75.7 Å². The van der Waals surface area contributed by atoms with Crippen LogP contribution in [0.25, 0.3) is 11.1 Å². The van der Waals surface area contributed by atoms with E-state index in [1.54, 1.807) is 19.1 Å². The number of primary amides is 1. The maximum Gasteiger partial charge on any atom is 0.454 e. The Hall–Kier alpha value is -4.57. The molecule has 0 aromatic heterocycles. The summed E-state index contributed by atoms with van der Waals surface area (Å²) in [5, 5.41) is 24.4. The molecule has 5 atom stereocenters. The molecule has 10 N–H and O–H groups in total. The van der Waals surface area contributed by atoms with Gasteiger partial charge in [-0.2, -0.15) is 0 Å². The summed E-state index contributed by atoms with van der Waals surface area (Å²) in [6.45, 7) is 6.03. The minimum atomic E-state index is -1.71. The highest BCUT2D eigenvalue weighted by Gasteiger charge is 2.32. The van der Waals surface area contributed by atoms with Gasteiger partial charge in [0.25, 0.3) is 0 Å². The highest BCUT2D eigenvalue weighted by molar-refractivity contribution is 6.43. The molecule has 0 aliphatic carbocycles. The highest BCUT2D eigenvalue weighted by atomic mass is 16.4. The summed E-state index contributed by atoms with van der Waals surface area (Å²) in [4.78, 5) is 91.9. The lowest BCUT2D eigenvalue weighted by Gasteiger charge is -2.25. The van der Waals surface area contributed by atoms with E-state index in [4.69, 9.17) is 17.2 Å². The molecule has 2 aromatic carbocycles. The second-order valence-corrected chi connectivity index (χ2v) is 16.3. The Morgan fingerprint density at radius 2 is 1.21 bits per heavy atom. The highest BCUT2D eigenvalue weighted by Crippen LogP contribution is 2.23. The van der Waals surface area contributed by atoms with E-state index in [1.807, 2.05) is 12.1 Å². The smallest absolute Gasteiger partial charge is 0.427 e. The minimum Gasteiger partial charge on any atom is -0.427 e. The number of nitrogens with two attached hydrogens (primary N) is 3. The summed E-state index contributed by atoms with van der Waals surface area (Å²) in [6.07, 6.45) is 5.24. The molecule has 0 aliphatic rings. The van der Waals surface area contributed by atoms with Crippen molar-refractivity contribution in [2.75, 3.05) is 13.1 Å². The number of Topliss-reactive ketones (excluding diaryl/α,β-unsaturated/α-hetero) is 4. The summed E-state index contributed by atoms with van der Waals surface area (Å²) >= 11 is 0. The molecule has 2 rings (SSSR count). The predicted octanol–water partition coefficient (Wildman–Crippen LogP) is 4.54. The van der Waals surface area contributed by atoms with Gasteiger partial charge in [0, 0.05) is 55.9 Å². The minimum absolute atomic E-state index is 0.0765. The zero-order valence-electron chi connectivity index (χ0n) is 36.5. The van der Waals surface area contributed by atoms with E-state index in [9.17, 15) is 43.6 Å². The van der Waals surface area contributed by atoms with Crippen molar-refractivity contribution in [3.8, 4) is 11.1 Å². The Morgan fingerprint density at radius 3 is 1.77 bits per heavy atom. The van der Waals surface area contributed by atoms with Crippen molar-refractivity contribution in [1.82, 2.24) is 10.6 Å². The van der Waals surface area contributed by atoms with Gasteiger partial charge in [0.1, 0.15) is 5.78 Å². The molecule has 2 aromatic rings. The number of nitrogens with one attached hydrogen (secondary N) is 2. The van der Waals surface area contributed by atoms with Crippen LogP contribution in [-0.4, -0.2) is 83.2 Å². The quantitative estimate of drug-likeness (QED) is 0.0298. The predicted molar refractivity (Wildman–Crippen MR) is 238 cm³/mol. The van der Waals surface area contributed by atoms with Crippen molar-refractivity contribution >= 4 is 48.0 Å². The van der Waals surface area contributed by atoms with Crippen molar-refractivity contribution in [2.45, 2.75) is 148 Å². The molecule has 61 heavy (non-hydrogen) atoms. The van der Waals surface area contributed by atoms with Crippen LogP contribution in [0.5, 0.6) is 0 Å². The first-order valence-corrected chi connectivity index (χ1v) is 22.1. The van der Waals surface area contributed by atoms with E-state index in [2.05, 4.69) is 41.8 Å². The van der Waals surface area contributed by atoms with Gasteiger partial charge in [-0.3, -0.25) is 33.6 Å². The molecule has 0 spiro atoms. The average molecular weight is 848 g/mol. The van der Waals surface area contributed by atoms with Crippen LogP contribution in [0.15, 0.2) is 48.5 Å². The number of hydrogen-bond acceptors (Lipinski definition) is 11. The summed E-state index contributed by atoms with van der Waals surface area (Å²) < 4.78 is 0. The topological polar surface area (TPSA) is 262 Å². The third kappa shape index (κ3) is 19.8. The number of unbranched alkanes of at least 4 members (excludes halogenated alkanes) is 2. The number of rotatable bonds is 33. The second-order valence-electron chi connectivity index (χ2n) is 16.3. The van der Waals surface area contributed by atoms with Gasteiger partial charge in [-0.15, -0.1) is 0 Å². The van der Waals surface area contributed by atoms with Gasteiger partial charge in [-0.25, -0.2) is 0 Å². The van der Waals surface area contributed by atoms with E-state index < -0.39 is 60.4 Å². The molecule has 0 radical (unpaired) electrons. The van der Waals surface area contributed by atoms with E-state index in [0.29, 0.717) is 37.8 Å². The maximum absolute atomic E-state index is 13.7. The van der Waals surface area contributed by atoms with Gasteiger partial charge < -0.3 is 37.9 Å². The largest absolute Gasteiger partial charge is 0.454 e. The number of benzene rings is 2. The van der Waals surface area contributed by atoms with E-state index in [-0.39, 0.29) is 88.1 Å². The molecule has 0 aliphatic heterocycles. The Balaban J connectivity index is 2.05. The van der Waals surface area contributed by atoms with E-state index >= 15 is 0 Å². The maximum atomic E-state index is 13.7. The van der Waals surface area contributed by atoms with E-state index in [0.717, 1.165) is 30.4 Å². The molecule has 0 bridgehead atoms. The van der Waals surface area contributed by atoms with Gasteiger partial charge in [0.15, 0.2) is 17.3 Å². The molecule has 0 heterocycles. The molecule has 0 unspecified atom stereocenters. The van der Waals surface area contributed by atoms with Gasteiger partial charge in [-0.05, 0) is 99.8 Å². The third-order valence-electron chi connectivity index (χ3n) is 11.2. The first-order chi connectivity index (χ1) is 29.1. The fourth-order valence-electron chi connectivity index (χ4n) is 7.11. The van der Waals surface area contributed by atoms with Crippen molar-refractivity contribution in [2.24, 2.45) is 29.0 Å². The lowest BCUT2D eigenvalue weighted by molar-refractivity contribution is -0.135. The number of amides is 3. The summed E-state index contributed by atoms with van der Waals surface area (Å²) in [6, 6.07) is 13.7. The van der Waals surface area contributed by atoms with Crippen LogP contribution in [0.1, 0.15) is 139 Å². The second kappa shape index (κ2) is 28.9. The Kier molecular flexibility index (Phi) is 24.9. The molecule has 0 saturated carbocycles. The van der Waals surface area contributed by atoms with Gasteiger partial charge in [0.2, 0.25) is 17.7 Å². The van der Waals surface area contributed by atoms with Crippen molar-refractivity contribution in [3.63, 3.8) is 0 Å². The Bertz CT molecular complexity index is 1700. The molecule has 14 nitrogen and oxygen atoms in total. The van der Waals surface area contributed by atoms with Crippen molar-refractivity contribution < 1.29 is 43.6 Å². The van der Waals surface area contributed by atoms with Crippen LogP contribution < -0.4 is 27.8 Å². The first-order valence-electron chi connectivity index (χ1n) is 22.1. The number of carbonyl (C=O) groups is 7. The molecule has 15 heteroatoms. The first kappa shape index (κ1) is 52.6. The molecule has 0 saturated heterocycles. The fraction of sp³-hybridized carbons (Fsp3) is 0.587. The third-order valence-corrected chi connectivity index (χ3v) is 11.2. The zero-order chi connectivity index (χ0) is 45.3. The molecular weight excluding hydrogens is 777 g/mol. The normalized spacial score (nSPS) is 13.6. The summed E-state index contributed by atoms with van der Waals surface area (Å²) in [5.74, 6) is -5.48. The summed E-state index contributed by atoms with van der Waals surface area (Å²) in [5.41, 5.74) is 20.7. The van der Waals surface area contributed by atoms with Crippen LogP contribution in [0, 0.1) is 11.8 Å². The SMILES string of the molecule is CCCCc1ccc(-c2ccc(C(=O)CCCC(=O)C[C@@H](CCCN)C(=O)N[C@@H](CCC(N)=O)C(=O)C[C@@H](CC)C(=O)N[C@@H](CCCCN)C(=O)C[C@@H](C)B(O)O)cc2)cc1. The molecular formula is C46H70BN5O9. The number of ketones is 4. The Labute approximate surface area is 362 Å². The van der Waals surface area contributed by atoms with Gasteiger partial charge >= 0.3 is 7.12 Å². The zero-order valence-corrected chi connectivity index (χ0v) is 36.5. The fourth-order valence-corrected chi connectivity index (χ4v) is 7.11. The van der Waals surface area contributed by atoms with Crippen molar-refractivity contribution in [1.29, 1.82) is 0 Å². The molecule has 336 valence electrons.